The zero-order valence-corrected chi connectivity index (χ0v) is 18.7. The number of amides is 2. The second-order valence-corrected chi connectivity index (χ2v) is 9.23. The molecule has 6 heteroatoms. The van der Waals surface area contributed by atoms with E-state index in [1.54, 1.807) is 29.2 Å². The summed E-state index contributed by atoms with van der Waals surface area (Å²) in [6.45, 7) is 5.22. The topological polar surface area (TPSA) is 35.6 Å². The minimum absolute atomic E-state index is 0.277. The number of nitrogens with one attached hydrogen (secondary N) is 1. The molecule has 170 valence electrons. The van der Waals surface area contributed by atoms with E-state index in [1.807, 2.05) is 0 Å². The molecule has 0 atom stereocenters. The molecule has 1 saturated heterocycles. The molecule has 2 amide bonds. The fraction of sp³-hybridized carbons (Fsp3) is 0.296. The highest BCUT2D eigenvalue weighted by Gasteiger charge is 2.46. The summed E-state index contributed by atoms with van der Waals surface area (Å²) < 4.78 is 27.8. The van der Waals surface area contributed by atoms with Gasteiger partial charge in [0.15, 0.2) is 0 Å². The van der Waals surface area contributed by atoms with Gasteiger partial charge in [-0.2, -0.15) is 0 Å². The number of benzene rings is 3. The lowest BCUT2D eigenvalue weighted by Crippen LogP contribution is -2.46. The summed E-state index contributed by atoms with van der Waals surface area (Å²) in [4.78, 5) is 17.2. The molecule has 3 aromatic carbocycles. The Labute approximate surface area is 192 Å². The predicted octanol–water partition coefficient (Wildman–Crippen LogP) is 5.86. The molecule has 0 unspecified atom stereocenters. The quantitative estimate of drug-likeness (QED) is 0.546. The monoisotopic (exact) mass is 447 g/mol. The predicted molar refractivity (Wildman–Crippen MR) is 127 cm³/mol. The van der Waals surface area contributed by atoms with Gasteiger partial charge in [0, 0.05) is 29.9 Å². The summed E-state index contributed by atoms with van der Waals surface area (Å²) >= 11 is 0. The molecule has 2 aliphatic heterocycles. The molecule has 5 rings (SSSR count). The van der Waals surface area contributed by atoms with Crippen molar-refractivity contribution in [3.05, 3.63) is 95.1 Å². The number of rotatable bonds is 3. The number of halogens is 2. The van der Waals surface area contributed by atoms with Crippen molar-refractivity contribution in [1.29, 1.82) is 0 Å². The van der Waals surface area contributed by atoms with Crippen LogP contribution in [0.2, 0.25) is 0 Å². The normalized spacial score (nSPS) is 17.2. The number of fused-ring (bicyclic) bond motifs is 2. The van der Waals surface area contributed by atoms with Crippen LogP contribution in [0, 0.1) is 18.6 Å². The first-order chi connectivity index (χ1) is 15.9. The molecule has 33 heavy (non-hydrogen) atoms. The number of nitrogens with zero attached hydrogens (tertiary/aromatic N) is 2. The lowest BCUT2D eigenvalue weighted by atomic mass is 9.74. The van der Waals surface area contributed by atoms with Crippen molar-refractivity contribution in [3.63, 3.8) is 0 Å². The second kappa shape index (κ2) is 8.60. The fourth-order valence-electron chi connectivity index (χ4n) is 5.10. The largest absolute Gasteiger partial charge is 0.326 e. The summed E-state index contributed by atoms with van der Waals surface area (Å²) in [6, 6.07) is 18.8. The smallest absolute Gasteiger partial charge is 0.307 e. The molecule has 4 nitrogen and oxygen atoms in total. The first-order valence-electron chi connectivity index (χ1n) is 11.3. The van der Waals surface area contributed by atoms with Crippen molar-refractivity contribution in [1.82, 2.24) is 4.90 Å². The molecule has 1 fully saturated rings. The molecule has 0 aromatic heterocycles. The Morgan fingerprint density at radius 3 is 2.42 bits per heavy atom. The molecule has 0 saturated carbocycles. The van der Waals surface area contributed by atoms with Crippen LogP contribution < -0.4 is 10.2 Å². The van der Waals surface area contributed by atoms with Crippen molar-refractivity contribution >= 4 is 17.4 Å². The first-order valence-corrected chi connectivity index (χ1v) is 11.3. The molecule has 2 aliphatic rings. The molecule has 3 aromatic rings. The van der Waals surface area contributed by atoms with Gasteiger partial charge in [-0.05, 0) is 80.4 Å². The fourth-order valence-corrected chi connectivity index (χ4v) is 5.10. The molecule has 0 radical (unpaired) electrons. The van der Waals surface area contributed by atoms with Crippen molar-refractivity contribution in [2.75, 3.05) is 29.9 Å². The van der Waals surface area contributed by atoms with Gasteiger partial charge in [0.25, 0.3) is 0 Å². The molecule has 2 heterocycles. The van der Waals surface area contributed by atoms with Gasteiger partial charge in [-0.15, -0.1) is 0 Å². The summed E-state index contributed by atoms with van der Waals surface area (Å²) in [7, 11) is 0. The SMILES string of the molecule is Cc1ccc(CN2CCC3(CC2)CN(C(=O)Nc2cccc(F)c2)c2ccc(F)cc23)cc1. The number of aryl methyl sites for hydroxylation is 1. The molecule has 1 N–H and O–H groups in total. The third kappa shape index (κ3) is 4.35. The van der Waals surface area contributed by atoms with E-state index in [4.69, 9.17) is 0 Å². The number of urea groups is 1. The van der Waals surface area contributed by atoms with E-state index >= 15 is 0 Å². The summed E-state index contributed by atoms with van der Waals surface area (Å²) in [5.41, 5.74) is 4.28. The van der Waals surface area contributed by atoms with E-state index in [1.165, 1.54) is 29.3 Å². The zero-order chi connectivity index (χ0) is 23.0. The lowest BCUT2D eigenvalue weighted by molar-refractivity contribution is 0.160. The van der Waals surface area contributed by atoms with E-state index in [9.17, 15) is 13.6 Å². The van der Waals surface area contributed by atoms with E-state index in [0.29, 0.717) is 12.2 Å². The van der Waals surface area contributed by atoms with Crippen molar-refractivity contribution < 1.29 is 13.6 Å². The average molecular weight is 448 g/mol. The summed E-state index contributed by atoms with van der Waals surface area (Å²) in [5.74, 6) is -0.697. The number of carbonyl (C=O) groups excluding carboxylic acids is 1. The van der Waals surface area contributed by atoms with Crippen LogP contribution in [0.25, 0.3) is 0 Å². The number of carbonyl (C=O) groups is 1. The van der Waals surface area contributed by atoms with Gasteiger partial charge in [0.1, 0.15) is 11.6 Å². The molecular weight excluding hydrogens is 420 g/mol. The first kappa shape index (κ1) is 21.6. The Bertz CT molecular complexity index is 1170. The Kier molecular flexibility index (Phi) is 5.62. The highest BCUT2D eigenvalue weighted by atomic mass is 19.1. The Morgan fingerprint density at radius 1 is 0.970 bits per heavy atom. The average Bonchev–Trinajstić information content (AvgIpc) is 3.10. The minimum Gasteiger partial charge on any atom is -0.307 e. The van der Waals surface area contributed by atoms with Crippen LogP contribution in [0.15, 0.2) is 66.7 Å². The Balaban J connectivity index is 1.34. The Hall–Kier alpha value is -3.25. The maximum Gasteiger partial charge on any atom is 0.326 e. The van der Waals surface area contributed by atoms with Crippen LogP contribution in [0.3, 0.4) is 0 Å². The van der Waals surface area contributed by atoms with E-state index in [2.05, 4.69) is 41.4 Å². The van der Waals surface area contributed by atoms with Crippen LogP contribution >= 0.6 is 0 Å². The van der Waals surface area contributed by atoms with Gasteiger partial charge in [0.2, 0.25) is 0 Å². The van der Waals surface area contributed by atoms with Crippen LogP contribution in [-0.2, 0) is 12.0 Å². The highest BCUT2D eigenvalue weighted by Crippen LogP contribution is 2.47. The number of anilines is 2. The van der Waals surface area contributed by atoms with E-state index in [0.717, 1.165) is 43.7 Å². The number of hydrogen-bond acceptors (Lipinski definition) is 2. The van der Waals surface area contributed by atoms with Crippen molar-refractivity contribution in [2.45, 2.75) is 31.7 Å². The molecule has 1 spiro atoms. The van der Waals surface area contributed by atoms with Gasteiger partial charge < -0.3 is 5.32 Å². The standard InChI is InChI=1S/C27H27F2N3O/c1-19-5-7-20(8-6-19)17-31-13-11-27(12-14-31)18-32(25-10-9-22(29)16-24(25)27)26(33)30-23-4-2-3-21(28)15-23/h2-10,15-16H,11-14,17-18H2,1H3,(H,30,33). The van der Waals surface area contributed by atoms with Crippen molar-refractivity contribution in [2.24, 2.45) is 0 Å². The summed E-state index contributed by atoms with van der Waals surface area (Å²) in [5, 5.41) is 2.79. The van der Waals surface area contributed by atoms with Crippen LogP contribution in [0.4, 0.5) is 25.0 Å². The van der Waals surface area contributed by atoms with Gasteiger partial charge >= 0.3 is 6.03 Å². The van der Waals surface area contributed by atoms with Gasteiger partial charge in [0.05, 0.1) is 0 Å². The van der Waals surface area contributed by atoms with E-state index in [-0.39, 0.29) is 17.3 Å². The van der Waals surface area contributed by atoms with Gasteiger partial charge in [-0.1, -0.05) is 35.9 Å². The second-order valence-electron chi connectivity index (χ2n) is 9.23. The maximum absolute atomic E-state index is 14.2. The lowest BCUT2D eigenvalue weighted by Gasteiger charge is -2.40. The minimum atomic E-state index is -0.408. The van der Waals surface area contributed by atoms with E-state index < -0.39 is 5.82 Å². The molecule has 0 aliphatic carbocycles. The summed E-state index contributed by atoms with van der Waals surface area (Å²) in [6.07, 6.45) is 1.69. The van der Waals surface area contributed by atoms with Gasteiger partial charge in [-0.3, -0.25) is 9.80 Å². The maximum atomic E-state index is 14.2. The number of hydrogen-bond donors (Lipinski definition) is 1. The molecular formula is C27H27F2N3O. The Morgan fingerprint density at radius 2 is 1.70 bits per heavy atom. The van der Waals surface area contributed by atoms with Gasteiger partial charge in [-0.25, -0.2) is 13.6 Å². The van der Waals surface area contributed by atoms with Crippen LogP contribution in [0.1, 0.15) is 29.5 Å². The third-order valence-corrected chi connectivity index (χ3v) is 6.94. The van der Waals surface area contributed by atoms with Crippen LogP contribution in [0.5, 0.6) is 0 Å². The zero-order valence-electron chi connectivity index (χ0n) is 18.7. The molecule has 0 bridgehead atoms. The number of likely N-dealkylation sites (tertiary alicyclic amines) is 1. The van der Waals surface area contributed by atoms with Crippen LogP contribution in [-0.4, -0.2) is 30.6 Å². The van der Waals surface area contributed by atoms with Crippen molar-refractivity contribution in [3.8, 4) is 0 Å². The highest BCUT2D eigenvalue weighted by molar-refractivity contribution is 6.03. The number of piperidine rings is 1. The third-order valence-electron chi connectivity index (χ3n) is 6.94.